The van der Waals surface area contributed by atoms with Gasteiger partial charge in [-0.2, -0.15) is 0 Å². The zero-order valence-corrected chi connectivity index (χ0v) is 12.5. The van der Waals surface area contributed by atoms with Crippen molar-refractivity contribution < 1.29 is 0 Å². The van der Waals surface area contributed by atoms with Crippen LogP contribution in [0.25, 0.3) is 27.0 Å². The van der Waals surface area contributed by atoms with Gasteiger partial charge in [0, 0.05) is 6.20 Å². The second-order valence-electron chi connectivity index (χ2n) is 4.96. The first kappa shape index (κ1) is 13.0. The zero-order valence-electron chi connectivity index (χ0n) is 11.6. The van der Waals surface area contributed by atoms with Crippen LogP contribution in [0.4, 0.5) is 0 Å². The Bertz CT molecular complexity index is 1000. The monoisotopic (exact) mass is 304 g/mol. The highest BCUT2D eigenvalue weighted by molar-refractivity contribution is 7.13. The molecule has 0 aliphatic rings. The van der Waals surface area contributed by atoms with Gasteiger partial charge < -0.3 is 0 Å². The highest BCUT2D eigenvalue weighted by Gasteiger charge is 2.10. The first-order valence-corrected chi connectivity index (χ1v) is 7.73. The maximum absolute atomic E-state index is 12.5. The number of rotatable bonds is 2. The van der Waals surface area contributed by atoms with Gasteiger partial charge in [-0.05, 0) is 46.9 Å². The van der Waals surface area contributed by atoms with E-state index in [1.807, 2.05) is 42.5 Å². The molecule has 0 aliphatic heterocycles. The largest absolute Gasteiger partial charge is 0.274 e. The second-order valence-corrected chi connectivity index (χ2v) is 5.90. The Hall–Kier alpha value is -2.72. The van der Waals surface area contributed by atoms with Crippen LogP contribution in [-0.4, -0.2) is 8.94 Å². The van der Waals surface area contributed by atoms with Crippen molar-refractivity contribution in [3.8, 4) is 16.8 Å². The summed E-state index contributed by atoms with van der Waals surface area (Å²) in [5.41, 5.74) is 3.08. The van der Waals surface area contributed by atoms with E-state index in [1.165, 1.54) is 11.5 Å². The third-order valence-corrected chi connectivity index (χ3v) is 4.61. The summed E-state index contributed by atoms with van der Waals surface area (Å²) in [6.07, 6.45) is 1.71. The van der Waals surface area contributed by atoms with Crippen LogP contribution < -0.4 is 5.56 Å². The van der Waals surface area contributed by atoms with Crippen LogP contribution in [0.15, 0.2) is 77.7 Å². The molecule has 0 spiro atoms. The summed E-state index contributed by atoms with van der Waals surface area (Å²) < 4.78 is 1.70. The summed E-state index contributed by atoms with van der Waals surface area (Å²) in [6, 6.07) is 21.8. The predicted octanol–water partition coefficient (Wildman–Crippen LogP) is 4.11. The van der Waals surface area contributed by atoms with Crippen LogP contribution in [0.5, 0.6) is 0 Å². The molecule has 0 saturated carbocycles. The number of fused-ring (bicyclic) bond motifs is 1. The van der Waals surface area contributed by atoms with E-state index in [0.717, 1.165) is 21.6 Å². The van der Waals surface area contributed by atoms with Crippen LogP contribution in [0.3, 0.4) is 0 Å². The molecule has 0 saturated heterocycles. The Morgan fingerprint density at radius 3 is 2.50 bits per heavy atom. The molecule has 3 nitrogen and oxygen atoms in total. The fourth-order valence-corrected chi connectivity index (χ4v) is 3.41. The molecule has 0 unspecified atom stereocenters. The van der Waals surface area contributed by atoms with Crippen molar-refractivity contribution >= 4 is 21.7 Å². The number of pyridine rings is 1. The van der Waals surface area contributed by atoms with Crippen LogP contribution in [0, 0.1) is 0 Å². The topological polar surface area (TPSA) is 34.9 Å². The van der Waals surface area contributed by atoms with Gasteiger partial charge in [0.1, 0.15) is 4.83 Å². The van der Waals surface area contributed by atoms with Gasteiger partial charge in [0.15, 0.2) is 0 Å². The lowest BCUT2D eigenvalue weighted by atomic mass is 10.1. The fraction of sp³-hybridized carbons (Fsp3) is 0. The molecule has 0 N–H and O–H groups in total. The Kier molecular flexibility index (Phi) is 3.09. The molecule has 4 rings (SSSR count). The standard InChI is InChI=1S/C18H12N2OS/c21-18-16-10-5-11-19-17(16)22-20(18)15-9-4-8-14(12-15)13-6-2-1-3-7-13/h1-12H. The van der Waals surface area contributed by atoms with Crippen LogP contribution >= 0.6 is 11.5 Å². The molecule has 2 heterocycles. The van der Waals surface area contributed by atoms with E-state index < -0.39 is 0 Å². The summed E-state index contributed by atoms with van der Waals surface area (Å²) in [7, 11) is 0. The molecule has 106 valence electrons. The molecule has 4 aromatic rings. The first-order chi connectivity index (χ1) is 10.8. The number of hydrogen-bond acceptors (Lipinski definition) is 3. The Balaban J connectivity index is 1.89. The van der Waals surface area contributed by atoms with Gasteiger partial charge in [0.05, 0.1) is 11.1 Å². The summed E-state index contributed by atoms with van der Waals surface area (Å²) in [5.74, 6) is 0. The zero-order chi connectivity index (χ0) is 14.9. The molecule has 0 atom stereocenters. The lowest BCUT2D eigenvalue weighted by molar-refractivity contribution is 1.14. The maximum Gasteiger partial charge on any atom is 0.274 e. The molecule has 0 aliphatic carbocycles. The molecule has 0 bridgehead atoms. The van der Waals surface area contributed by atoms with E-state index in [1.54, 1.807) is 16.2 Å². The maximum atomic E-state index is 12.5. The van der Waals surface area contributed by atoms with Gasteiger partial charge in [0.2, 0.25) is 0 Å². The normalized spacial score (nSPS) is 10.9. The lowest BCUT2D eigenvalue weighted by Gasteiger charge is -2.05. The SMILES string of the molecule is O=c1c2cccnc2sn1-c1cccc(-c2ccccc2)c1. The quantitative estimate of drug-likeness (QED) is 0.558. The number of hydrogen-bond donors (Lipinski definition) is 0. The third-order valence-electron chi connectivity index (χ3n) is 3.55. The molecule has 22 heavy (non-hydrogen) atoms. The van der Waals surface area contributed by atoms with Gasteiger partial charge in [0.25, 0.3) is 5.56 Å². The Morgan fingerprint density at radius 1 is 0.864 bits per heavy atom. The van der Waals surface area contributed by atoms with Crippen molar-refractivity contribution in [3.63, 3.8) is 0 Å². The van der Waals surface area contributed by atoms with Gasteiger partial charge >= 0.3 is 0 Å². The van der Waals surface area contributed by atoms with E-state index in [0.29, 0.717) is 5.39 Å². The van der Waals surface area contributed by atoms with Crippen LogP contribution in [0.1, 0.15) is 0 Å². The molecule has 2 aromatic heterocycles. The molecular formula is C18H12N2OS. The predicted molar refractivity (Wildman–Crippen MR) is 90.7 cm³/mol. The van der Waals surface area contributed by atoms with Gasteiger partial charge in [-0.25, -0.2) is 8.94 Å². The Morgan fingerprint density at radius 2 is 1.68 bits per heavy atom. The van der Waals surface area contributed by atoms with E-state index in [2.05, 4.69) is 23.2 Å². The highest BCUT2D eigenvalue weighted by Crippen LogP contribution is 2.23. The van der Waals surface area contributed by atoms with Crippen molar-refractivity contribution in [1.82, 2.24) is 8.94 Å². The molecular weight excluding hydrogens is 292 g/mol. The summed E-state index contributed by atoms with van der Waals surface area (Å²) >= 11 is 1.37. The van der Waals surface area contributed by atoms with Crippen molar-refractivity contribution in [1.29, 1.82) is 0 Å². The minimum Gasteiger partial charge on any atom is -0.267 e. The van der Waals surface area contributed by atoms with Crippen molar-refractivity contribution in [2.45, 2.75) is 0 Å². The van der Waals surface area contributed by atoms with Crippen molar-refractivity contribution in [3.05, 3.63) is 83.3 Å². The van der Waals surface area contributed by atoms with Gasteiger partial charge in [-0.15, -0.1) is 0 Å². The molecule has 4 heteroatoms. The van der Waals surface area contributed by atoms with Crippen molar-refractivity contribution in [2.75, 3.05) is 0 Å². The molecule has 0 amide bonds. The summed E-state index contributed by atoms with van der Waals surface area (Å²) in [6.45, 7) is 0. The van der Waals surface area contributed by atoms with E-state index in [4.69, 9.17) is 0 Å². The second kappa shape index (κ2) is 5.24. The minimum atomic E-state index is -0.0155. The highest BCUT2D eigenvalue weighted by atomic mass is 32.1. The molecule has 0 fully saturated rings. The fourth-order valence-electron chi connectivity index (χ4n) is 2.48. The van der Waals surface area contributed by atoms with Gasteiger partial charge in [-0.3, -0.25) is 4.79 Å². The van der Waals surface area contributed by atoms with E-state index in [9.17, 15) is 4.79 Å². The number of nitrogens with zero attached hydrogens (tertiary/aromatic N) is 2. The van der Waals surface area contributed by atoms with E-state index >= 15 is 0 Å². The third kappa shape index (κ3) is 2.14. The average molecular weight is 304 g/mol. The molecule has 0 radical (unpaired) electrons. The minimum absolute atomic E-state index is 0.0155. The summed E-state index contributed by atoms with van der Waals surface area (Å²) in [4.78, 5) is 17.5. The molecule has 2 aromatic carbocycles. The number of aromatic nitrogens is 2. The number of benzene rings is 2. The van der Waals surface area contributed by atoms with Crippen molar-refractivity contribution in [2.24, 2.45) is 0 Å². The van der Waals surface area contributed by atoms with Gasteiger partial charge in [-0.1, -0.05) is 42.5 Å². The first-order valence-electron chi connectivity index (χ1n) is 6.96. The smallest absolute Gasteiger partial charge is 0.267 e. The Labute approximate surface area is 131 Å². The summed E-state index contributed by atoms with van der Waals surface area (Å²) in [5, 5.41) is 0.664. The van der Waals surface area contributed by atoms with Crippen LogP contribution in [-0.2, 0) is 0 Å². The average Bonchev–Trinajstić information content (AvgIpc) is 2.93. The van der Waals surface area contributed by atoms with Crippen LogP contribution in [0.2, 0.25) is 0 Å². The van der Waals surface area contributed by atoms with E-state index in [-0.39, 0.29) is 5.56 Å². The lowest BCUT2D eigenvalue weighted by Crippen LogP contribution is -2.10.